The van der Waals surface area contributed by atoms with Crippen molar-refractivity contribution in [3.05, 3.63) is 89.4 Å². The van der Waals surface area contributed by atoms with Gasteiger partial charge in [-0.25, -0.2) is 4.39 Å². The molecule has 5 heteroatoms. The summed E-state index contributed by atoms with van der Waals surface area (Å²) in [5, 5.41) is 8.39. The van der Waals surface area contributed by atoms with E-state index in [0.29, 0.717) is 6.42 Å². The van der Waals surface area contributed by atoms with E-state index in [4.69, 9.17) is 0 Å². The lowest BCUT2D eigenvalue weighted by molar-refractivity contribution is 0.619. The minimum atomic E-state index is -0.319. The quantitative estimate of drug-likeness (QED) is 0.608. The van der Waals surface area contributed by atoms with E-state index in [2.05, 4.69) is 26.2 Å². The fourth-order valence-corrected chi connectivity index (χ4v) is 2.75. The Morgan fingerprint density at radius 2 is 1.96 bits per heavy atom. The molecule has 1 aromatic carbocycles. The molecule has 0 amide bonds. The number of hydrogen-bond acceptors (Lipinski definition) is 3. The van der Waals surface area contributed by atoms with Crippen LogP contribution in [0.4, 0.5) is 4.39 Å². The third kappa shape index (κ3) is 3.45. The highest BCUT2D eigenvalue weighted by Crippen LogP contribution is 2.21. The Bertz CT molecular complexity index is 1040. The summed E-state index contributed by atoms with van der Waals surface area (Å²) in [6, 6.07) is 13.3. The van der Waals surface area contributed by atoms with Crippen LogP contribution in [0, 0.1) is 5.82 Å². The smallest absolute Gasteiger partial charge is 0.141 e. The van der Waals surface area contributed by atoms with Crippen molar-refractivity contribution in [2.24, 2.45) is 0 Å². The molecule has 3 heterocycles. The number of aromatic amines is 1. The van der Waals surface area contributed by atoms with Gasteiger partial charge in [-0.1, -0.05) is 12.1 Å². The summed E-state index contributed by atoms with van der Waals surface area (Å²) in [6.07, 6.45) is 9.18. The van der Waals surface area contributed by atoms with Crippen LogP contribution in [0.15, 0.2) is 61.1 Å². The minimum absolute atomic E-state index is 0.319. The van der Waals surface area contributed by atoms with Gasteiger partial charge in [0, 0.05) is 17.8 Å². The molecular weight excluding hydrogens is 315 g/mol. The van der Waals surface area contributed by atoms with E-state index in [0.717, 1.165) is 33.4 Å². The molecule has 0 bridgehead atoms. The van der Waals surface area contributed by atoms with Gasteiger partial charge < -0.3 is 0 Å². The van der Waals surface area contributed by atoms with Crippen LogP contribution in [-0.2, 0) is 6.42 Å². The van der Waals surface area contributed by atoms with Gasteiger partial charge in [0.05, 0.1) is 23.1 Å². The predicted octanol–water partition coefficient (Wildman–Crippen LogP) is 4.25. The SMILES string of the molecule is Fc1cncc(Cc2ccc3n[nH]c(/C=C/c4ccccn4)c3c2)c1. The van der Waals surface area contributed by atoms with E-state index < -0.39 is 0 Å². The first-order valence-electron chi connectivity index (χ1n) is 7.93. The lowest BCUT2D eigenvalue weighted by atomic mass is 10.0. The Balaban J connectivity index is 1.64. The van der Waals surface area contributed by atoms with E-state index in [-0.39, 0.29) is 5.82 Å². The topological polar surface area (TPSA) is 54.5 Å². The normalized spacial score (nSPS) is 11.4. The maximum Gasteiger partial charge on any atom is 0.141 e. The molecule has 3 aromatic heterocycles. The summed E-state index contributed by atoms with van der Waals surface area (Å²) >= 11 is 0. The number of nitrogens with zero attached hydrogens (tertiary/aromatic N) is 3. The van der Waals surface area contributed by atoms with Crippen molar-refractivity contribution in [2.45, 2.75) is 6.42 Å². The number of benzene rings is 1. The molecule has 4 nitrogen and oxygen atoms in total. The van der Waals surface area contributed by atoms with E-state index in [1.54, 1.807) is 12.4 Å². The summed E-state index contributed by atoms with van der Waals surface area (Å²) in [4.78, 5) is 8.18. The van der Waals surface area contributed by atoms with Gasteiger partial charge in [-0.05, 0) is 60.0 Å². The van der Waals surface area contributed by atoms with Crippen molar-refractivity contribution in [3.8, 4) is 0 Å². The van der Waals surface area contributed by atoms with Gasteiger partial charge in [-0.3, -0.25) is 15.1 Å². The number of rotatable bonds is 4. The van der Waals surface area contributed by atoms with Crippen LogP contribution < -0.4 is 0 Å². The van der Waals surface area contributed by atoms with Gasteiger partial charge in [-0.15, -0.1) is 0 Å². The second kappa shape index (κ2) is 6.65. The number of halogens is 1. The average molecular weight is 330 g/mol. The van der Waals surface area contributed by atoms with Crippen molar-refractivity contribution in [1.82, 2.24) is 20.2 Å². The number of nitrogens with one attached hydrogen (secondary N) is 1. The fourth-order valence-electron chi connectivity index (χ4n) is 2.75. The van der Waals surface area contributed by atoms with Gasteiger partial charge in [0.15, 0.2) is 0 Å². The van der Waals surface area contributed by atoms with E-state index in [9.17, 15) is 4.39 Å². The Morgan fingerprint density at radius 1 is 1.00 bits per heavy atom. The first-order valence-corrected chi connectivity index (χ1v) is 7.93. The number of hydrogen-bond donors (Lipinski definition) is 1. The summed E-state index contributed by atoms with van der Waals surface area (Å²) in [5.74, 6) is -0.319. The van der Waals surface area contributed by atoms with Crippen LogP contribution in [0.25, 0.3) is 23.1 Å². The predicted molar refractivity (Wildman–Crippen MR) is 96.3 cm³/mol. The molecule has 0 spiro atoms. The summed E-state index contributed by atoms with van der Waals surface area (Å²) in [6.45, 7) is 0. The molecular formula is C20H15FN4. The molecule has 0 saturated carbocycles. The Labute approximate surface area is 144 Å². The van der Waals surface area contributed by atoms with Crippen molar-refractivity contribution in [3.63, 3.8) is 0 Å². The summed E-state index contributed by atoms with van der Waals surface area (Å²) < 4.78 is 13.3. The zero-order chi connectivity index (χ0) is 17.1. The number of fused-ring (bicyclic) bond motifs is 1. The fraction of sp³-hybridized carbons (Fsp3) is 0.0500. The molecule has 0 saturated heterocycles. The minimum Gasteiger partial charge on any atom is -0.277 e. The molecule has 1 N–H and O–H groups in total. The molecule has 0 aliphatic heterocycles. The van der Waals surface area contributed by atoms with Gasteiger partial charge in [-0.2, -0.15) is 5.10 Å². The van der Waals surface area contributed by atoms with E-state index >= 15 is 0 Å². The van der Waals surface area contributed by atoms with Crippen molar-refractivity contribution in [2.75, 3.05) is 0 Å². The van der Waals surface area contributed by atoms with Crippen LogP contribution in [0.1, 0.15) is 22.5 Å². The van der Waals surface area contributed by atoms with Crippen LogP contribution >= 0.6 is 0 Å². The van der Waals surface area contributed by atoms with Crippen LogP contribution in [0.2, 0.25) is 0 Å². The van der Waals surface area contributed by atoms with Crippen molar-refractivity contribution >= 4 is 23.1 Å². The second-order valence-electron chi connectivity index (χ2n) is 5.76. The highest BCUT2D eigenvalue weighted by atomic mass is 19.1. The third-order valence-corrected chi connectivity index (χ3v) is 3.93. The molecule has 0 unspecified atom stereocenters. The molecule has 122 valence electrons. The highest BCUT2D eigenvalue weighted by Gasteiger charge is 2.06. The highest BCUT2D eigenvalue weighted by molar-refractivity contribution is 5.89. The van der Waals surface area contributed by atoms with Crippen molar-refractivity contribution in [1.29, 1.82) is 0 Å². The summed E-state index contributed by atoms with van der Waals surface area (Å²) in [5.41, 5.74) is 4.61. The van der Waals surface area contributed by atoms with Crippen LogP contribution in [0.5, 0.6) is 0 Å². The molecule has 0 aliphatic rings. The molecule has 4 rings (SSSR count). The van der Waals surface area contributed by atoms with Gasteiger partial charge in [0.25, 0.3) is 0 Å². The molecule has 0 aliphatic carbocycles. The third-order valence-electron chi connectivity index (χ3n) is 3.93. The zero-order valence-electron chi connectivity index (χ0n) is 13.4. The van der Waals surface area contributed by atoms with Crippen LogP contribution in [0.3, 0.4) is 0 Å². The first-order chi connectivity index (χ1) is 12.3. The van der Waals surface area contributed by atoms with Crippen LogP contribution in [-0.4, -0.2) is 20.2 Å². The lowest BCUT2D eigenvalue weighted by Crippen LogP contribution is -1.91. The standard InChI is InChI=1S/C20H15FN4/c21-16-10-15(12-22-13-16)9-14-4-6-19-18(11-14)20(25-24-19)7-5-17-3-1-2-8-23-17/h1-8,10-13H,9H2,(H,24,25)/b7-5+. The largest absolute Gasteiger partial charge is 0.277 e. The molecule has 25 heavy (non-hydrogen) atoms. The Morgan fingerprint density at radius 3 is 2.80 bits per heavy atom. The van der Waals surface area contributed by atoms with Crippen molar-refractivity contribution < 1.29 is 4.39 Å². The molecule has 0 atom stereocenters. The number of aromatic nitrogens is 4. The van der Waals surface area contributed by atoms with E-state index in [1.807, 2.05) is 42.5 Å². The molecule has 0 fully saturated rings. The van der Waals surface area contributed by atoms with E-state index in [1.165, 1.54) is 12.3 Å². The average Bonchev–Trinajstić information content (AvgIpc) is 3.03. The second-order valence-corrected chi connectivity index (χ2v) is 5.76. The zero-order valence-corrected chi connectivity index (χ0v) is 13.4. The Hall–Kier alpha value is -3.34. The first kappa shape index (κ1) is 15.2. The maximum atomic E-state index is 13.3. The van der Waals surface area contributed by atoms with Gasteiger partial charge in [0.1, 0.15) is 5.82 Å². The molecule has 4 aromatic rings. The lowest BCUT2D eigenvalue weighted by Gasteiger charge is -2.02. The Kier molecular flexibility index (Phi) is 4.04. The number of H-pyrrole nitrogens is 1. The van der Waals surface area contributed by atoms with Gasteiger partial charge >= 0.3 is 0 Å². The van der Waals surface area contributed by atoms with Gasteiger partial charge in [0.2, 0.25) is 0 Å². The monoisotopic (exact) mass is 330 g/mol. The molecule has 0 radical (unpaired) electrons. The number of pyridine rings is 2. The maximum absolute atomic E-state index is 13.3. The summed E-state index contributed by atoms with van der Waals surface area (Å²) in [7, 11) is 0.